The molecule has 1 fully saturated rings. The van der Waals surface area contributed by atoms with Crippen LogP contribution in [0.25, 0.3) is 17.0 Å². The summed E-state index contributed by atoms with van der Waals surface area (Å²) in [6.45, 7) is 4.03. The standard InChI is InChI=1S/C18H24N6/c1-12-11-13(2)24(22-12)18-20-16(19-14-7-5-4-6-8-14)15-9-10-23(3)17(15)21-18/h9-11,14H,4-8H2,1-3H3,(H,19,20,21). The maximum atomic E-state index is 4.82. The van der Waals surface area contributed by atoms with Gasteiger partial charge in [-0.3, -0.25) is 0 Å². The Balaban J connectivity index is 1.80. The van der Waals surface area contributed by atoms with Crippen molar-refractivity contribution in [2.75, 3.05) is 5.32 Å². The molecule has 0 amide bonds. The molecule has 0 bridgehead atoms. The third kappa shape index (κ3) is 2.66. The molecule has 3 heterocycles. The van der Waals surface area contributed by atoms with Crippen LogP contribution in [0.3, 0.4) is 0 Å². The van der Waals surface area contributed by atoms with Gasteiger partial charge in [-0.1, -0.05) is 19.3 Å². The Morgan fingerprint density at radius 2 is 1.92 bits per heavy atom. The number of hydrogen-bond donors (Lipinski definition) is 1. The zero-order valence-electron chi connectivity index (χ0n) is 14.6. The topological polar surface area (TPSA) is 60.6 Å². The summed E-state index contributed by atoms with van der Waals surface area (Å²) in [5.74, 6) is 1.56. The van der Waals surface area contributed by atoms with Crippen LogP contribution >= 0.6 is 0 Å². The molecule has 0 spiro atoms. The van der Waals surface area contributed by atoms with Crippen molar-refractivity contribution in [2.24, 2.45) is 7.05 Å². The van der Waals surface area contributed by atoms with E-state index in [0.29, 0.717) is 12.0 Å². The first-order valence-corrected chi connectivity index (χ1v) is 8.75. The predicted octanol–water partition coefficient (Wildman–Crippen LogP) is 3.52. The molecule has 3 aromatic heterocycles. The lowest BCUT2D eigenvalue weighted by molar-refractivity contribution is 0.462. The molecule has 4 rings (SSSR count). The first-order valence-electron chi connectivity index (χ1n) is 8.75. The monoisotopic (exact) mass is 324 g/mol. The SMILES string of the molecule is Cc1cc(C)n(-c2nc(NC3CCCCC3)c3ccn(C)c3n2)n1. The number of aryl methyl sites for hydroxylation is 3. The third-order valence-corrected chi connectivity index (χ3v) is 4.86. The van der Waals surface area contributed by atoms with Crippen molar-refractivity contribution >= 4 is 16.9 Å². The van der Waals surface area contributed by atoms with Gasteiger partial charge < -0.3 is 9.88 Å². The summed E-state index contributed by atoms with van der Waals surface area (Å²) in [6.07, 6.45) is 8.41. The van der Waals surface area contributed by atoms with Gasteiger partial charge in [0.05, 0.1) is 11.1 Å². The van der Waals surface area contributed by atoms with Crippen molar-refractivity contribution in [3.05, 3.63) is 29.7 Å². The van der Waals surface area contributed by atoms with Gasteiger partial charge in [-0.25, -0.2) is 4.68 Å². The first-order chi connectivity index (χ1) is 11.6. The highest BCUT2D eigenvalue weighted by Gasteiger charge is 2.18. The number of nitrogens with zero attached hydrogens (tertiary/aromatic N) is 5. The minimum absolute atomic E-state index is 0.505. The van der Waals surface area contributed by atoms with Crippen molar-refractivity contribution in [3.8, 4) is 5.95 Å². The fourth-order valence-electron chi connectivity index (χ4n) is 3.60. The van der Waals surface area contributed by atoms with Crippen molar-refractivity contribution < 1.29 is 0 Å². The number of hydrogen-bond acceptors (Lipinski definition) is 4. The lowest BCUT2D eigenvalue weighted by Gasteiger charge is -2.23. The van der Waals surface area contributed by atoms with Gasteiger partial charge in [0.2, 0.25) is 0 Å². The van der Waals surface area contributed by atoms with Crippen molar-refractivity contribution in [1.29, 1.82) is 0 Å². The number of rotatable bonds is 3. The van der Waals surface area contributed by atoms with E-state index < -0.39 is 0 Å². The Bertz CT molecular complexity index is 869. The second-order valence-corrected chi connectivity index (χ2v) is 6.85. The molecule has 6 heteroatoms. The molecule has 0 aliphatic heterocycles. The van der Waals surface area contributed by atoms with Gasteiger partial charge in [-0.2, -0.15) is 15.1 Å². The Morgan fingerprint density at radius 1 is 1.12 bits per heavy atom. The first kappa shape index (κ1) is 15.2. The maximum absolute atomic E-state index is 4.82. The van der Waals surface area contributed by atoms with Crippen LogP contribution in [-0.2, 0) is 7.05 Å². The average molecular weight is 324 g/mol. The molecule has 126 valence electrons. The van der Waals surface area contributed by atoms with Crippen LogP contribution in [0, 0.1) is 13.8 Å². The van der Waals surface area contributed by atoms with Crippen molar-refractivity contribution in [1.82, 2.24) is 24.3 Å². The number of anilines is 1. The Morgan fingerprint density at radius 3 is 2.62 bits per heavy atom. The van der Waals surface area contributed by atoms with Gasteiger partial charge >= 0.3 is 0 Å². The van der Waals surface area contributed by atoms with Crippen LogP contribution in [0.4, 0.5) is 5.82 Å². The fraction of sp³-hybridized carbons (Fsp3) is 0.500. The van der Waals surface area contributed by atoms with E-state index in [1.807, 2.05) is 42.4 Å². The van der Waals surface area contributed by atoms with Gasteiger partial charge in [0.15, 0.2) is 0 Å². The summed E-state index contributed by atoms with van der Waals surface area (Å²) >= 11 is 0. The van der Waals surface area contributed by atoms with E-state index in [0.717, 1.165) is 28.2 Å². The van der Waals surface area contributed by atoms with Gasteiger partial charge in [0.25, 0.3) is 5.95 Å². The van der Waals surface area contributed by atoms with Crippen LogP contribution < -0.4 is 5.32 Å². The van der Waals surface area contributed by atoms with E-state index in [4.69, 9.17) is 9.97 Å². The van der Waals surface area contributed by atoms with E-state index >= 15 is 0 Å². The lowest BCUT2D eigenvalue weighted by Crippen LogP contribution is -2.23. The molecule has 0 saturated heterocycles. The van der Waals surface area contributed by atoms with Crippen LogP contribution in [0.5, 0.6) is 0 Å². The quantitative estimate of drug-likeness (QED) is 0.801. The lowest BCUT2D eigenvalue weighted by atomic mass is 9.95. The Hall–Kier alpha value is -2.37. The molecule has 1 aliphatic carbocycles. The molecule has 0 atom stereocenters. The minimum atomic E-state index is 0.505. The highest BCUT2D eigenvalue weighted by molar-refractivity contribution is 5.88. The van der Waals surface area contributed by atoms with Crippen LogP contribution in [-0.4, -0.2) is 30.4 Å². The highest BCUT2D eigenvalue weighted by Crippen LogP contribution is 2.27. The molecule has 0 unspecified atom stereocenters. The molecule has 1 aliphatic rings. The number of aromatic nitrogens is 5. The van der Waals surface area contributed by atoms with E-state index in [-0.39, 0.29) is 0 Å². The largest absolute Gasteiger partial charge is 0.367 e. The molecular weight excluding hydrogens is 300 g/mol. The maximum Gasteiger partial charge on any atom is 0.254 e. The Labute approximate surface area is 141 Å². The predicted molar refractivity (Wildman–Crippen MR) is 95.6 cm³/mol. The van der Waals surface area contributed by atoms with E-state index in [1.165, 1.54) is 32.1 Å². The van der Waals surface area contributed by atoms with Gasteiger partial charge in [0, 0.05) is 25.0 Å². The normalized spacial score (nSPS) is 16.0. The smallest absolute Gasteiger partial charge is 0.254 e. The zero-order chi connectivity index (χ0) is 16.7. The molecule has 0 aromatic carbocycles. The van der Waals surface area contributed by atoms with Crippen LogP contribution in [0.1, 0.15) is 43.5 Å². The molecule has 3 aromatic rings. The van der Waals surface area contributed by atoms with Crippen LogP contribution in [0.2, 0.25) is 0 Å². The second kappa shape index (κ2) is 5.92. The molecule has 1 N–H and O–H groups in total. The van der Waals surface area contributed by atoms with E-state index in [2.05, 4.69) is 16.5 Å². The summed E-state index contributed by atoms with van der Waals surface area (Å²) in [4.78, 5) is 9.56. The molecule has 0 radical (unpaired) electrons. The summed E-state index contributed by atoms with van der Waals surface area (Å²) < 4.78 is 3.87. The zero-order valence-corrected chi connectivity index (χ0v) is 14.6. The second-order valence-electron chi connectivity index (χ2n) is 6.85. The van der Waals surface area contributed by atoms with Crippen molar-refractivity contribution in [3.63, 3.8) is 0 Å². The van der Waals surface area contributed by atoms with Crippen molar-refractivity contribution in [2.45, 2.75) is 52.0 Å². The summed E-state index contributed by atoms with van der Waals surface area (Å²) in [5.41, 5.74) is 2.96. The average Bonchev–Trinajstić information content (AvgIpc) is 3.11. The molecule has 1 saturated carbocycles. The summed E-state index contributed by atoms with van der Waals surface area (Å²) in [7, 11) is 2.02. The van der Waals surface area contributed by atoms with Gasteiger partial charge in [-0.05, 0) is 38.8 Å². The highest BCUT2D eigenvalue weighted by atomic mass is 15.4. The summed E-state index contributed by atoms with van der Waals surface area (Å²) in [6, 6.07) is 4.64. The summed E-state index contributed by atoms with van der Waals surface area (Å²) in [5, 5.41) is 9.29. The number of fused-ring (bicyclic) bond motifs is 1. The van der Waals surface area contributed by atoms with Crippen LogP contribution in [0.15, 0.2) is 18.3 Å². The molecule has 24 heavy (non-hydrogen) atoms. The van der Waals surface area contributed by atoms with Gasteiger partial charge in [0.1, 0.15) is 11.5 Å². The Kier molecular flexibility index (Phi) is 3.75. The van der Waals surface area contributed by atoms with Gasteiger partial charge in [-0.15, -0.1) is 0 Å². The van der Waals surface area contributed by atoms with E-state index in [1.54, 1.807) is 0 Å². The van der Waals surface area contributed by atoms with E-state index in [9.17, 15) is 0 Å². The molecular formula is C18H24N6. The number of nitrogens with one attached hydrogen (secondary N) is 1. The minimum Gasteiger partial charge on any atom is -0.367 e. The molecule has 6 nitrogen and oxygen atoms in total. The fourth-order valence-corrected chi connectivity index (χ4v) is 3.60. The third-order valence-electron chi connectivity index (χ3n) is 4.86.